The van der Waals surface area contributed by atoms with Crippen molar-refractivity contribution >= 4 is 27.3 Å². The van der Waals surface area contributed by atoms with Crippen molar-refractivity contribution in [2.24, 2.45) is 4.99 Å². The highest BCUT2D eigenvalue weighted by molar-refractivity contribution is 9.10. The summed E-state index contributed by atoms with van der Waals surface area (Å²) in [6, 6.07) is 37.8. The standard InChI is InChI=1S/C28H21BrN2/c29-25-16-14-21(15-17-25)26-19-27(31-28(30-26)22-10-5-2-6-11-22)24-13-7-12-23(18-24)20-8-3-1-4-9-20/h1-19,28,30H. The van der Waals surface area contributed by atoms with Crippen LogP contribution in [0.15, 0.2) is 125 Å². The van der Waals surface area contributed by atoms with Gasteiger partial charge in [-0.05, 0) is 46.5 Å². The van der Waals surface area contributed by atoms with Gasteiger partial charge in [0.05, 0.1) is 5.71 Å². The molecular formula is C28H21BrN2. The minimum atomic E-state index is -0.139. The maximum atomic E-state index is 5.07. The van der Waals surface area contributed by atoms with Gasteiger partial charge in [0.2, 0.25) is 0 Å². The number of hydrogen-bond donors (Lipinski definition) is 1. The average Bonchev–Trinajstić information content (AvgIpc) is 2.85. The lowest BCUT2D eigenvalue weighted by molar-refractivity contribution is 0.664. The number of allylic oxidation sites excluding steroid dienone is 1. The van der Waals surface area contributed by atoms with E-state index in [2.05, 4.69) is 124 Å². The van der Waals surface area contributed by atoms with Gasteiger partial charge >= 0.3 is 0 Å². The fraction of sp³-hybridized carbons (Fsp3) is 0.0357. The third-order valence-corrected chi connectivity index (χ3v) is 5.91. The quantitative estimate of drug-likeness (QED) is 0.337. The zero-order valence-corrected chi connectivity index (χ0v) is 18.5. The zero-order chi connectivity index (χ0) is 21.0. The predicted molar refractivity (Wildman–Crippen MR) is 133 cm³/mol. The van der Waals surface area contributed by atoms with Crippen LogP contribution in [0.5, 0.6) is 0 Å². The second-order valence-corrected chi connectivity index (χ2v) is 8.40. The molecule has 3 heteroatoms. The molecule has 0 aromatic heterocycles. The second kappa shape index (κ2) is 8.75. The molecule has 0 fully saturated rings. The molecule has 1 aliphatic heterocycles. The van der Waals surface area contributed by atoms with Crippen LogP contribution in [0.4, 0.5) is 0 Å². The van der Waals surface area contributed by atoms with E-state index in [4.69, 9.17) is 4.99 Å². The van der Waals surface area contributed by atoms with Crippen molar-refractivity contribution < 1.29 is 0 Å². The molecule has 1 aliphatic rings. The van der Waals surface area contributed by atoms with Crippen LogP contribution in [0.25, 0.3) is 16.8 Å². The number of benzene rings is 4. The molecule has 0 spiro atoms. The Bertz CT molecular complexity index is 1240. The van der Waals surface area contributed by atoms with Gasteiger partial charge in [0.25, 0.3) is 0 Å². The van der Waals surface area contributed by atoms with Gasteiger partial charge in [-0.25, -0.2) is 0 Å². The van der Waals surface area contributed by atoms with Crippen molar-refractivity contribution in [2.75, 3.05) is 0 Å². The lowest BCUT2D eigenvalue weighted by Gasteiger charge is -2.25. The van der Waals surface area contributed by atoms with Gasteiger partial charge in [0.1, 0.15) is 6.17 Å². The van der Waals surface area contributed by atoms with E-state index in [1.165, 1.54) is 11.1 Å². The number of rotatable bonds is 4. The third kappa shape index (κ3) is 4.37. The minimum Gasteiger partial charge on any atom is -0.360 e. The molecule has 0 aliphatic carbocycles. The normalized spacial score (nSPS) is 15.6. The zero-order valence-electron chi connectivity index (χ0n) is 16.9. The summed E-state index contributed by atoms with van der Waals surface area (Å²) in [5.41, 5.74) is 7.82. The van der Waals surface area contributed by atoms with Gasteiger partial charge in [0.15, 0.2) is 0 Å². The Labute approximate surface area is 191 Å². The first-order valence-corrected chi connectivity index (χ1v) is 11.1. The summed E-state index contributed by atoms with van der Waals surface area (Å²) in [7, 11) is 0. The summed E-state index contributed by atoms with van der Waals surface area (Å²) in [6.45, 7) is 0. The van der Waals surface area contributed by atoms with Gasteiger partial charge in [0, 0.05) is 15.7 Å². The Morgan fingerprint density at radius 2 is 1.26 bits per heavy atom. The summed E-state index contributed by atoms with van der Waals surface area (Å²) in [4.78, 5) is 5.07. The van der Waals surface area contributed by atoms with Gasteiger partial charge in [-0.1, -0.05) is 107 Å². The molecule has 0 radical (unpaired) electrons. The van der Waals surface area contributed by atoms with Crippen molar-refractivity contribution in [3.63, 3.8) is 0 Å². The molecule has 4 aromatic carbocycles. The van der Waals surface area contributed by atoms with Gasteiger partial charge in [-0.15, -0.1) is 0 Å². The first kappa shape index (κ1) is 19.5. The molecule has 1 heterocycles. The summed E-state index contributed by atoms with van der Waals surface area (Å²) >= 11 is 3.53. The largest absolute Gasteiger partial charge is 0.360 e. The van der Waals surface area contributed by atoms with Crippen LogP contribution >= 0.6 is 15.9 Å². The molecule has 1 N–H and O–H groups in total. The Morgan fingerprint density at radius 3 is 2.00 bits per heavy atom. The van der Waals surface area contributed by atoms with E-state index in [1.807, 2.05) is 12.1 Å². The highest BCUT2D eigenvalue weighted by Gasteiger charge is 2.19. The summed E-state index contributed by atoms with van der Waals surface area (Å²) in [6.07, 6.45) is 2.01. The van der Waals surface area contributed by atoms with Crippen molar-refractivity contribution in [1.82, 2.24) is 5.32 Å². The van der Waals surface area contributed by atoms with E-state index in [9.17, 15) is 0 Å². The van der Waals surface area contributed by atoms with Crippen LogP contribution in [-0.4, -0.2) is 5.71 Å². The Balaban J connectivity index is 1.59. The average molecular weight is 465 g/mol. The van der Waals surface area contributed by atoms with E-state index in [0.717, 1.165) is 32.6 Å². The first-order chi connectivity index (χ1) is 15.3. The molecule has 5 rings (SSSR count). The van der Waals surface area contributed by atoms with E-state index in [1.54, 1.807) is 0 Å². The van der Waals surface area contributed by atoms with Crippen LogP contribution in [0.1, 0.15) is 22.9 Å². The topological polar surface area (TPSA) is 24.4 Å². The van der Waals surface area contributed by atoms with Crippen molar-refractivity contribution in [3.8, 4) is 11.1 Å². The molecule has 31 heavy (non-hydrogen) atoms. The summed E-state index contributed by atoms with van der Waals surface area (Å²) < 4.78 is 1.07. The molecule has 1 atom stereocenters. The van der Waals surface area contributed by atoms with Crippen molar-refractivity contribution in [3.05, 3.63) is 136 Å². The molecule has 0 amide bonds. The van der Waals surface area contributed by atoms with E-state index in [-0.39, 0.29) is 6.17 Å². The minimum absolute atomic E-state index is 0.139. The van der Waals surface area contributed by atoms with Crippen LogP contribution in [0.3, 0.4) is 0 Å². The lowest BCUT2D eigenvalue weighted by Crippen LogP contribution is -2.24. The van der Waals surface area contributed by atoms with Gasteiger partial charge in [-0.2, -0.15) is 0 Å². The predicted octanol–water partition coefficient (Wildman–Crippen LogP) is 7.25. The molecule has 0 saturated heterocycles. The Morgan fingerprint density at radius 1 is 0.613 bits per heavy atom. The molecule has 1 unspecified atom stereocenters. The fourth-order valence-corrected chi connectivity index (χ4v) is 4.03. The molecule has 4 aromatic rings. The summed E-state index contributed by atoms with van der Waals surface area (Å²) in [5, 5.41) is 3.61. The monoisotopic (exact) mass is 464 g/mol. The molecule has 0 bridgehead atoms. The van der Waals surface area contributed by atoms with E-state index >= 15 is 0 Å². The number of aliphatic imine (C=N–C) groups is 1. The molecular weight excluding hydrogens is 444 g/mol. The van der Waals surface area contributed by atoms with Crippen molar-refractivity contribution in [2.45, 2.75) is 6.17 Å². The van der Waals surface area contributed by atoms with E-state index < -0.39 is 0 Å². The van der Waals surface area contributed by atoms with Gasteiger partial charge < -0.3 is 5.32 Å². The highest BCUT2D eigenvalue weighted by Crippen LogP contribution is 2.28. The van der Waals surface area contributed by atoms with E-state index in [0.29, 0.717) is 0 Å². The number of nitrogens with one attached hydrogen (secondary N) is 1. The van der Waals surface area contributed by atoms with Gasteiger partial charge in [-0.3, -0.25) is 4.99 Å². The first-order valence-electron chi connectivity index (χ1n) is 10.3. The lowest BCUT2D eigenvalue weighted by atomic mass is 9.98. The fourth-order valence-electron chi connectivity index (χ4n) is 3.77. The maximum absolute atomic E-state index is 5.07. The number of halogens is 1. The summed E-state index contributed by atoms with van der Waals surface area (Å²) in [5.74, 6) is 0. The van der Waals surface area contributed by atoms with Crippen molar-refractivity contribution in [1.29, 1.82) is 0 Å². The third-order valence-electron chi connectivity index (χ3n) is 5.38. The number of hydrogen-bond acceptors (Lipinski definition) is 2. The SMILES string of the molecule is Brc1ccc(C2=CC(c3cccc(-c4ccccc4)c3)=NC(c3ccccc3)N2)cc1. The van der Waals surface area contributed by atoms with Crippen LogP contribution in [0.2, 0.25) is 0 Å². The molecule has 2 nitrogen and oxygen atoms in total. The van der Waals surface area contributed by atoms with Crippen LogP contribution < -0.4 is 5.32 Å². The molecule has 150 valence electrons. The maximum Gasteiger partial charge on any atom is 0.145 e. The second-order valence-electron chi connectivity index (χ2n) is 7.48. The highest BCUT2D eigenvalue weighted by atomic mass is 79.9. The Hall–Kier alpha value is -3.43. The van der Waals surface area contributed by atoms with Crippen LogP contribution in [-0.2, 0) is 0 Å². The smallest absolute Gasteiger partial charge is 0.145 e. The van der Waals surface area contributed by atoms with Crippen LogP contribution in [0, 0.1) is 0 Å². The molecule has 0 saturated carbocycles. The number of nitrogens with zero attached hydrogens (tertiary/aromatic N) is 1. The Kier molecular flexibility index (Phi) is 5.51.